The maximum Gasteiger partial charge on any atom is 0.269 e. The summed E-state index contributed by atoms with van der Waals surface area (Å²) in [5.41, 5.74) is 5.57. The summed E-state index contributed by atoms with van der Waals surface area (Å²) in [6.07, 6.45) is 0.765. The Morgan fingerprint density at radius 1 is 1.29 bits per heavy atom. The molecule has 0 radical (unpaired) electrons. The van der Waals surface area contributed by atoms with Gasteiger partial charge in [0.15, 0.2) is 0 Å². The Kier molecular flexibility index (Phi) is 7.26. The van der Waals surface area contributed by atoms with Gasteiger partial charge in [-0.25, -0.2) is 13.1 Å². The number of nitrogens with zero attached hydrogens (tertiary/aromatic N) is 1. The summed E-state index contributed by atoms with van der Waals surface area (Å²) in [5.74, 6) is -0.305. The van der Waals surface area contributed by atoms with E-state index in [0.717, 1.165) is 30.7 Å². The molecule has 0 bridgehead atoms. The van der Waals surface area contributed by atoms with Crippen LogP contribution in [-0.4, -0.2) is 38.4 Å². The largest absolute Gasteiger partial charge is 0.353 e. The molecule has 1 rings (SSSR count). The number of sulfonamides is 1. The number of hydrogen-bond acceptors (Lipinski definition) is 6. The minimum atomic E-state index is -3.80. The van der Waals surface area contributed by atoms with Gasteiger partial charge in [0.05, 0.1) is 15.9 Å². The van der Waals surface area contributed by atoms with Crippen LogP contribution in [0.5, 0.6) is 0 Å². The van der Waals surface area contributed by atoms with Crippen LogP contribution in [0.15, 0.2) is 29.2 Å². The molecule has 0 aliphatic carbocycles. The van der Waals surface area contributed by atoms with E-state index < -0.39 is 21.0 Å². The van der Waals surface area contributed by atoms with Gasteiger partial charge < -0.3 is 11.1 Å². The average molecular weight is 358 g/mol. The van der Waals surface area contributed by atoms with Crippen molar-refractivity contribution in [1.82, 2.24) is 10.0 Å². The summed E-state index contributed by atoms with van der Waals surface area (Å²) in [7, 11) is -3.80. The molecule has 4 N–H and O–H groups in total. The van der Waals surface area contributed by atoms with Crippen LogP contribution >= 0.6 is 0 Å². The number of nitrogens with two attached hydrogens (primary N) is 1. The van der Waals surface area contributed by atoms with Crippen LogP contribution in [0.1, 0.15) is 20.3 Å². The van der Waals surface area contributed by atoms with Gasteiger partial charge in [-0.05, 0) is 18.1 Å². The van der Waals surface area contributed by atoms with Crippen molar-refractivity contribution >= 4 is 21.6 Å². The summed E-state index contributed by atoms with van der Waals surface area (Å²) < 4.78 is 26.4. The van der Waals surface area contributed by atoms with Crippen LogP contribution in [0.3, 0.4) is 0 Å². The molecule has 0 aliphatic rings. The second-order valence-electron chi connectivity index (χ2n) is 5.35. The third-order valence-corrected chi connectivity index (χ3v) is 5.11. The maximum atomic E-state index is 12.0. The van der Waals surface area contributed by atoms with Crippen molar-refractivity contribution in [2.45, 2.75) is 31.2 Å². The number of nitro groups is 1. The number of amides is 1. The topological polar surface area (TPSA) is 144 Å². The van der Waals surface area contributed by atoms with Gasteiger partial charge in [-0.15, -0.1) is 0 Å². The van der Waals surface area contributed by atoms with Crippen LogP contribution < -0.4 is 15.8 Å². The summed E-state index contributed by atoms with van der Waals surface area (Å²) in [6.45, 7) is 3.87. The molecule has 2 unspecified atom stereocenters. The first-order valence-corrected chi connectivity index (χ1v) is 8.94. The fourth-order valence-electron chi connectivity index (χ4n) is 1.83. The zero-order chi connectivity index (χ0) is 18.3. The van der Waals surface area contributed by atoms with Crippen LogP contribution in [0.4, 0.5) is 5.69 Å². The number of rotatable bonds is 9. The summed E-state index contributed by atoms with van der Waals surface area (Å²) in [6, 6.07) is 3.89. The lowest BCUT2D eigenvalue weighted by Gasteiger charge is -2.17. The first kappa shape index (κ1) is 20.0. The van der Waals surface area contributed by atoms with Gasteiger partial charge in [0, 0.05) is 25.2 Å². The molecule has 1 aromatic carbocycles. The highest BCUT2D eigenvalue weighted by molar-refractivity contribution is 7.89. The van der Waals surface area contributed by atoms with Crippen molar-refractivity contribution in [2.24, 2.45) is 11.7 Å². The van der Waals surface area contributed by atoms with Crippen LogP contribution in [0, 0.1) is 16.0 Å². The quantitative estimate of drug-likeness (QED) is 0.330. The Bertz CT molecular complexity index is 675. The highest BCUT2D eigenvalue weighted by Crippen LogP contribution is 2.15. The van der Waals surface area contributed by atoms with E-state index in [2.05, 4.69) is 10.0 Å². The lowest BCUT2D eigenvalue weighted by molar-refractivity contribution is -0.384. The van der Waals surface area contributed by atoms with Crippen molar-refractivity contribution in [1.29, 1.82) is 0 Å². The van der Waals surface area contributed by atoms with Crippen LogP contribution in [-0.2, 0) is 14.8 Å². The Hall–Kier alpha value is -2.04. The van der Waals surface area contributed by atoms with Crippen molar-refractivity contribution < 1.29 is 18.1 Å². The number of benzene rings is 1. The van der Waals surface area contributed by atoms with E-state index in [1.807, 2.05) is 13.8 Å². The molecule has 1 aromatic rings. The molecule has 0 heterocycles. The van der Waals surface area contributed by atoms with Gasteiger partial charge in [0.2, 0.25) is 15.9 Å². The first-order valence-electron chi connectivity index (χ1n) is 7.46. The molecule has 134 valence electrons. The van der Waals surface area contributed by atoms with E-state index in [0.29, 0.717) is 0 Å². The summed E-state index contributed by atoms with van der Waals surface area (Å²) >= 11 is 0. The zero-order valence-corrected chi connectivity index (χ0v) is 14.4. The molecule has 0 saturated carbocycles. The molecule has 24 heavy (non-hydrogen) atoms. The first-order chi connectivity index (χ1) is 11.2. The smallest absolute Gasteiger partial charge is 0.269 e. The Morgan fingerprint density at radius 2 is 1.88 bits per heavy atom. The normalized spacial score (nSPS) is 14.0. The van der Waals surface area contributed by atoms with Gasteiger partial charge in [0.1, 0.15) is 0 Å². The molecular formula is C14H22N4O5S. The van der Waals surface area contributed by atoms with Gasteiger partial charge in [0.25, 0.3) is 5.69 Å². The van der Waals surface area contributed by atoms with Gasteiger partial charge in [-0.2, -0.15) is 0 Å². The standard InChI is InChI=1S/C14H22N4O5S/c1-3-10(2)13(15)14(19)16-8-9-17-24(22,23)12-6-4-11(5-7-12)18(20)21/h4-7,10,13,17H,3,8-9,15H2,1-2H3,(H,16,19). The predicted molar refractivity (Wildman–Crippen MR) is 88.7 cm³/mol. The minimum absolute atomic E-state index is 0.0156. The molecule has 9 nitrogen and oxygen atoms in total. The average Bonchev–Trinajstić information content (AvgIpc) is 2.57. The van der Waals surface area contributed by atoms with E-state index in [-0.39, 0.29) is 35.5 Å². The number of nitrogens with one attached hydrogen (secondary N) is 2. The Labute approximate surface area is 140 Å². The highest BCUT2D eigenvalue weighted by Gasteiger charge is 2.19. The van der Waals surface area contributed by atoms with E-state index >= 15 is 0 Å². The van der Waals surface area contributed by atoms with Crippen molar-refractivity contribution in [3.8, 4) is 0 Å². The molecule has 1 amide bonds. The predicted octanol–water partition coefficient (Wildman–Crippen LogP) is 0.363. The van der Waals surface area contributed by atoms with E-state index in [1.165, 1.54) is 0 Å². The lowest BCUT2D eigenvalue weighted by Crippen LogP contribution is -2.46. The number of non-ortho nitro benzene ring substituents is 1. The minimum Gasteiger partial charge on any atom is -0.353 e. The van der Waals surface area contributed by atoms with Crippen LogP contribution in [0.25, 0.3) is 0 Å². The molecule has 0 aromatic heterocycles. The molecule has 2 atom stereocenters. The molecular weight excluding hydrogens is 336 g/mol. The number of carbonyl (C=O) groups is 1. The van der Waals surface area contributed by atoms with Gasteiger partial charge in [-0.1, -0.05) is 20.3 Å². The van der Waals surface area contributed by atoms with Crippen LogP contribution in [0.2, 0.25) is 0 Å². The van der Waals surface area contributed by atoms with Crippen molar-refractivity contribution in [3.63, 3.8) is 0 Å². The van der Waals surface area contributed by atoms with E-state index in [9.17, 15) is 23.3 Å². The number of hydrogen-bond donors (Lipinski definition) is 3. The van der Waals surface area contributed by atoms with E-state index in [1.54, 1.807) is 0 Å². The van der Waals surface area contributed by atoms with Crippen molar-refractivity contribution in [2.75, 3.05) is 13.1 Å². The van der Waals surface area contributed by atoms with Crippen molar-refractivity contribution in [3.05, 3.63) is 34.4 Å². The third-order valence-electron chi connectivity index (χ3n) is 3.63. The lowest BCUT2D eigenvalue weighted by atomic mass is 9.99. The maximum absolute atomic E-state index is 12.0. The monoisotopic (exact) mass is 358 g/mol. The second-order valence-corrected chi connectivity index (χ2v) is 7.12. The third kappa shape index (κ3) is 5.55. The Balaban J connectivity index is 2.51. The Morgan fingerprint density at radius 3 is 2.38 bits per heavy atom. The zero-order valence-electron chi connectivity index (χ0n) is 13.6. The second kappa shape index (κ2) is 8.71. The summed E-state index contributed by atoms with van der Waals surface area (Å²) in [5, 5.41) is 13.1. The molecule has 0 spiro atoms. The van der Waals surface area contributed by atoms with E-state index in [4.69, 9.17) is 5.73 Å². The summed E-state index contributed by atoms with van der Waals surface area (Å²) in [4.78, 5) is 21.6. The highest BCUT2D eigenvalue weighted by atomic mass is 32.2. The SMILES string of the molecule is CCC(C)C(N)C(=O)NCCNS(=O)(=O)c1ccc([N+](=O)[O-])cc1. The molecule has 0 aliphatic heterocycles. The molecule has 10 heteroatoms. The molecule has 0 saturated heterocycles. The number of carbonyl (C=O) groups excluding carboxylic acids is 1. The van der Waals surface area contributed by atoms with Gasteiger partial charge >= 0.3 is 0 Å². The molecule has 0 fully saturated rings. The fourth-order valence-corrected chi connectivity index (χ4v) is 2.86. The fraction of sp³-hybridized carbons (Fsp3) is 0.500. The van der Waals surface area contributed by atoms with Gasteiger partial charge in [-0.3, -0.25) is 14.9 Å². The number of nitro benzene ring substituents is 1.